The minimum absolute atomic E-state index is 0.0187. The number of rotatable bonds is 1. The summed E-state index contributed by atoms with van der Waals surface area (Å²) in [4.78, 5) is 4.55. The van der Waals surface area contributed by atoms with E-state index in [0.717, 1.165) is 11.3 Å². The van der Waals surface area contributed by atoms with Gasteiger partial charge in [-0.05, 0) is 42.8 Å². The van der Waals surface area contributed by atoms with Gasteiger partial charge in [-0.15, -0.1) is 11.3 Å². The largest absolute Gasteiger partial charge is 0.386 e. The lowest BCUT2D eigenvalue weighted by atomic mass is 10.0. The second-order valence-corrected chi connectivity index (χ2v) is 10.2. The van der Waals surface area contributed by atoms with E-state index in [0.29, 0.717) is 3.79 Å². The molecule has 1 aromatic heterocycles. The molecule has 1 atom stereocenters. The minimum atomic E-state index is -3.50. The molecule has 0 aromatic carbocycles. The molecule has 8 heteroatoms. The number of nitrogens with zero attached hydrogens (tertiary/aromatic N) is 1. The van der Waals surface area contributed by atoms with Gasteiger partial charge in [-0.1, -0.05) is 0 Å². The summed E-state index contributed by atoms with van der Waals surface area (Å²) in [7, 11) is -3.50. The van der Waals surface area contributed by atoms with E-state index in [1.807, 2.05) is 0 Å². The molecule has 0 fully saturated rings. The van der Waals surface area contributed by atoms with Gasteiger partial charge in [0.05, 0.1) is 14.4 Å². The molecule has 0 saturated carbocycles. The number of sulfone groups is 1. The molecule has 106 valence electrons. The van der Waals surface area contributed by atoms with Crippen molar-refractivity contribution >= 4 is 42.9 Å². The summed E-state index contributed by atoms with van der Waals surface area (Å²) in [6.07, 6.45) is 0. The first-order valence-electron chi connectivity index (χ1n) is 5.53. The molecule has 0 saturated heterocycles. The Morgan fingerprint density at radius 3 is 2.47 bits per heavy atom. The van der Waals surface area contributed by atoms with Crippen LogP contribution in [0.25, 0.3) is 0 Å². The zero-order chi connectivity index (χ0) is 14.6. The average Bonchev–Trinajstić information content (AvgIpc) is 2.55. The normalized spacial score (nSPS) is 29.0. The van der Waals surface area contributed by atoms with E-state index < -0.39 is 25.9 Å². The molecule has 2 rings (SSSR count). The Balaban J connectivity index is 2.65. The fourth-order valence-corrected chi connectivity index (χ4v) is 5.27. The molecule has 2 heterocycles. The minimum Gasteiger partial charge on any atom is -0.386 e. The van der Waals surface area contributed by atoms with Crippen molar-refractivity contribution in [3.63, 3.8) is 0 Å². The van der Waals surface area contributed by atoms with Gasteiger partial charge in [0, 0.05) is 0 Å². The highest BCUT2D eigenvalue weighted by Gasteiger charge is 2.50. The molecule has 0 spiro atoms. The fraction of sp³-hybridized carbons (Fsp3) is 0.545. The molecular weight excluding hydrogens is 355 g/mol. The summed E-state index contributed by atoms with van der Waals surface area (Å²) >= 11 is 4.33. The molecule has 0 amide bonds. The van der Waals surface area contributed by atoms with Crippen LogP contribution in [-0.4, -0.2) is 24.8 Å². The number of nitrogens with two attached hydrogens (primary N) is 1. The molecule has 1 aromatic rings. The Hall–Kier alpha value is -0.470. The van der Waals surface area contributed by atoms with Crippen molar-refractivity contribution < 1.29 is 12.8 Å². The Morgan fingerprint density at radius 2 is 2.05 bits per heavy atom. The van der Waals surface area contributed by atoms with Crippen molar-refractivity contribution in [1.82, 2.24) is 0 Å². The van der Waals surface area contributed by atoms with Crippen molar-refractivity contribution in [2.45, 2.75) is 31.1 Å². The molecule has 0 radical (unpaired) electrons. The smallest absolute Gasteiger partial charge is 0.165 e. The zero-order valence-corrected chi connectivity index (χ0v) is 13.9. The Labute approximate surface area is 124 Å². The zero-order valence-electron chi connectivity index (χ0n) is 10.7. The van der Waals surface area contributed by atoms with Gasteiger partial charge in [0.2, 0.25) is 0 Å². The third-order valence-electron chi connectivity index (χ3n) is 3.38. The summed E-state index contributed by atoms with van der Waals surface area (Å²) in [5.41, 5.74) is 4.63. The standard InChI is InChI=1S/C11H14BrFN2O2S2/c1-10(2)9(14)15-11(3,5-19(10,16)17)8-6(13)4-7(12)18-8/h4H,5H2,1-3H3,(H2,14,15)/t11-/m0/s1. The van der Waals surface area contributed by atoms with Crippen molar-refractivity contribution in [1.29, 1.82) is 0 Å². The van der Waals surface area contributed by atoms with Crippen LogP contribution in [0.2, 0.25) is 0 Å². The van der Waals surface area contributed by atoms with Crippen LogP contribution in [0, 0.1) is 5.82 Å². The monoisotopic (exact) mass is 368 g/mol. The van der Waals surface area contributed by atoms with Crippen LogP contribution >= 0.6 is 27.3 Å². The number of halogens is 2. The van der Waals surface area contributed by atoms with Gasteiger partial charge in [-0.2, -0.15) is 0 Å². The van der Waals surface area contributed by atoms with Crippen molar-refractivity contribution in [2.24, 2.45) is 10.7 Å². The lowest BCUT2D eigenvalue weighted by Crippen LogP contribution is -2.54. The predicted octanol–water partition coefficient (Wildman–Crippen LogP) is 2.43. The van der Waals surface area contributed by atoms with Gasteiger partial charge in [0.1, 0.15) is 21.9 Å². The Morgan fingerprint density at radius 1 is 1.47 bits per heavy atom. The lowest BCUT2D eigenvalue weighted by Gasteiger charge is -2.37. The van der Waals surface area contributed by atoms with Crippen LogP contribution in [0.15, 0.2) is 14.8 Å². The maximum Gasteiger partial charge on any atom is 0.165 e. The summed E-state index contributed by atoms with van der Waals surface area (Å²) in [6.45, 7) is 4.62. The predicted molar refractivity (Wildman–Crippen MR) is 78.8 cm³/mol. The Kier molecular flexibility index (Phi) is 3.35. The van der Waals surface area contributed by atoms with Crippen molar-refractivity contribution in [3.8, 4) is 0 Å². The van der Waals surface area contributed by atoms with Crippen LogP contribution in [0.5, 0.6) is 0 Å². The van der Waals surface area contributed by atoms with Crippen LogP contribution in [-0.2, 0) is 15.4 Å². The summed E-state index contributed by atoms with van der Waals surface area (Å²) < 4.78 is 37.9. The molecule has 0 bridgehead atoms. The molecule has 0 unspecified atom stereocenters. The van der Waals surface area contributed by atoms with Crippen LogP contribution in [0.4, 0.5) is 4.39 Å². The first kappa shape index (κ1) is 14.9. The highest BCUT2D eigenvalue weighted by atomic mass is 79.9. The van der Waals surface area contributed by atoms with Crippen molar-refractivity contribution in [2.75, 3.05) is 5.75 Å². The average molecular weight is 369 g/mol. The second kappa shape index (κ2) is 4.26. The maximum absolute atomic E-state index is 13.9. The number of aliphatic imine (C=N–C) groups is 1. The number of amidine groups is 1. The summed E-state index contributed by atoms with van der Waals surface area (Å²) in [6, 6.07) is 1.31. The van der Waals surface area contributed by atoms with Crippen LogP contribution < -0.4 is 5.73 Å². The van der Waals surface area contributed by atoms with Gasteiger partial charge >= 0.3 is 0 Å². The molecule has 19 heavy (non-hydrogen) atoms. The molecule has 1 aliphatic heterocycles. The second-order valence-electron chi connectivity index (χ2n) is 5.27. The number of thiophene rings is 1. The van der Waals surface area contributed by atoms with Crippen LogP contribution in [0.3, 0.4) is 0 Å². The molecule has 1 aliphatic rings. The van der Waals surface area contributed by atoms with E-state index >= 15 is 0 Å². The number of hydrogen-bond donors (Lipinski definition) is 1. The van der Waals surface area contributed by atoms with E-state index in [9.17, 15) is 12.8 Å². The summed E-state index contributed by atoms with van der Waals surface area (Å²) in [5.74, 6) is -0.701. The molecule has 2 N–H and O–H groups in total. The van der Waals surface area contributed by atoms with Gasteiger partial charge in [0.15, 0.2) is 9.84 Å². The topological polar surface area (TPSA) is 72.5 Å². The lowest BCUT2D eigenvalue weighted by molar-refractivity contribution is 0.486. The van der Waals surface area contributed by atoms with E-state index in [4.69, 9.17) is 5.73 Å². The Bertz CT molecular complexity index is 666. The maximum atomic E-state index is 13.9. The highest BCUT2D eigenvalue weighted by Crippen LogP contribution is 2.42. The fourth-order valence-electron chi connectivity index (χ4n) is 1.97. The van der Waals surface area contributed by atoms with Crippen molar-refractivity contribution in [3.05, 3.63) is 20.5 Å². The number of hydrogen-bond acceptors (Lipinski definition) is 5. The molecule has 0 aliphatic carbocycles. The van der Waals surface area contributed by atoms with E-state index in [2.05, 4.69) is 20.9 Å². The van der Waals surface area contributed by atoms with Crippen LogP contribution in [0.1, 0.15) is 25.6 Å². The van der Waals surface area contributed by atoms with E-state index in [1.165, 1.54) is 19.9 Å². The van der Waals surface area contributed by atoms with Gasteiger partial charge in [-0.3, -0.25) is 4.99 Å². The summed E-state index contributed by atoms with van der Waals surface area (Å²) in [5, 5.41) is 0. The third-order valence-corrected chi connectivity index (χ3v) is 7.95. The molecule has 4 nitrogen and oxygen atoms in total. The van der Waals surface area contributed by atoms with Gasteiger partial charge in [0.25, 0.3) is 0 Å². The van der Waals surface area contributed by atoms with Gasteiger partial charge in [-0.25, -0.2) is 12.8 Å². The van der Waals surface area contributed by atoms with Gasteiger partial charge < -0.3 is 5.73 Å². The first-order chi connectivity index (χ1) is 8.49. The highest BCUT2D eigenvalue weighted by molar-refractivity contribution is 9.11. The quantitative estimate of drug-likeness (QED) is 0.827. The third kappa shape index (κ3) is 2.23. The van der Waals surface area contributed by atoms with E-state index in [-0.39, 0.29) is 16.5 Å². The molecular formula is C11H14BrFN2O2S2. The SMILES string of the molecule is CC1(C)C(N)=N[C@](C)(c2sc(Br)cc2F)CS1(=O)=O. The first-order valence-corrected chi connectivity index (χ1v) is 8.79. The van der Waals surface area contributed by atoms with E-state index in [1.54, 1.807) is 6.92 Å².